The molecule has 1 aliphatic rings. The second kappa shape index (κ2) is 5.61. The third kappa shape index (κ3) is 2.72. The average Bonchev–Trinajstić information content (AvgIpc) is 2.92. The molecule has 3 rings (SSSR count). The number of carboxylic acid groups (broad SMARTS) is 1. The predicted octanol–water partition coefficient (Wildman–Crippen LogP) is 2.04. The lowest BCUT2D eigenvalue weighted by molar-refractivity contribution is -0.143. The second-order valence-electron chi connectivity index (χ2n) is 6.01. The number of piperidine rings is 1. The zero-order chi connectivity index (χ0) is 16.8. The van der Waals surface area contributed by atoms with Crippen molar-refractivity contribution in [2.24, 2.45) is 11.8 Å². The van der Waals surface area contributed by atoms with Gasteiger partial charge in [0.25, 0.3) is 0 Å². The van der Waals surface area contributed by atoms with E-state index in [0.717, 1.165) is 4.31 Å². The number of aliphatic carboxylic acids is 1. The fourth-order valence-corrected chi connectivity index (χ4v) is 4.91. The molecule has 23 heavy (non-hydrogen) atoms. The van der Waals surface area contributed by atoms with Crippen LogP contribution in [-0.2, 0) is 14.8 Å². The van der Waals surface area contributed by atoms with Gasteiger partial charge in [-0.1, -0.05) is 13.0 Å². The van der Waals surface area contributed by atoms with Gasteiger partial charge in [0.15, 0.2) is 0 Å². The molecule has 2 unspecified atom stereocenters. The molecule has 1 fully saturated rings. The number of carboxylic acids is 1. The van der Waals surface area contributed by atoms with E-state index in [0.29, 0.717) is 11.9 Å². The van der Waals surface area contributed by atoms with Gasteiger partial charge in [-0.3, -0.25) is 4.79 Å². The smallest absolute Gasteiger partial charge is 0.307 e. The van der Waals surface area contributed by atoms with E-state index in [2.05, 4.69) is 4.98 Å². The summed E-state index contributed by atoms with van der Waals surface area (Å²) >= 11 is 0. The summed E-state index contributed by atoms with van der Waals surface area (Å²) in [5, 5.41) is 9.21. The van der Waals surface area contributed by atoms with Crippen molar-refractivity contribution in [2.75, 3.05) is 13.1 Å². The molecule has 2 heterocycles. The van der Waals surface area contributed by atoms with Gasteiger partial charge in [-0.05, 0) is 24.5 Å². The molecule has 1 aliphatic heterocycles. The number of nitrogens with one attached hydrogen (secondary N) is 1. The molecule has 6 nitrogen and oxygen atoms in total. The Balaban J connectivity index is 2.05. The van der Waals surface area contributed by atoms with E-state index in [-0.39, 0.29) is 29.3 Å². The summed E-state index contributed by atoms with van der Waals surface area (Å²) in [5.41, 5.74) is 0.392. The molecule has 0 saturated carbocycles. The predicted molar refractivity (Wildman–Crippen MR) is 81.9 cm³/mol. The summed E-state index contributed by atoms with van der Waals surface area (Å²) in [6.45, 7) is 1.95. The van der Waals surface area contributed by atoms with Gasteiger partial charge in [-0.15, -0.1) is 0 Å². The molecule has 0 spiro atoms. The lowest BCUT2D eigenvalue weighted by atomic mass is 9.92. The van der Waals surface area contributed by atoms with Gasteiger partial charge in [0.1, 0.15) is 10.7 Å². The van der Waals surface area contributed by atoms with Crippen molar-refractivity contribution in [2.45, 2.75) is 18.2 Å². The van der Waals surface area contributed by atoms with Gasteiger partial charge in [-0.25, -0.2) is 12.8 Å². The first kappa shape index (κ1) is 15.9. The molecule has 8 heteroatoms. The van der Waals surface area contributed by atoms with Crippen LogP contribution in [0, 0.1) is 17.7 Å². The maximum absolute atomic E-state index is 14.1. The molecule has 1 aromatic heterocycles. The molecule has 124 valence electrons. The van der Waals surface area contributed by atoms with Gasteiger partial charge < -0.3 is 10.1 Å². The normalized spacial score (nSPS) is 23.2. The SMILES string of the molecule is CC1CC(C(=O)O)CN(S(=O)(=O)c2c[nH]c3cccc(F)c23)C1. The molecule has 0 radical (unpaired) electrons. The number of sulfonamides is 1. The molecular formula is C15H17FN2O4S. The Morgan fingerprint density at radius 2 is 2.13 bits per heavy atom. The molecule has 1 saturated heterocycles. The fourth-order valence-electron chi connectivity index (χ4n) is 3.13. The maximum Gasteiger partial charge on any atom is 0.307 e. The van der Waals surface area contributed by atoms with Crippen molar-refractivity contribution in [3.05, 3.63) is 30.2 Å². The van der Waals surface area contributed by atoms with E-state index in [1.807, 2.05) is 6.92 Å². The highest BCUT2D eigenvalue weighted by molar-refractivity contribution is 7.89. The first-order chi connectivity index (χ1) is 10.8. The Morgan fingerprint density at radius 1 is 1.39 bits per heavy atom. The quantitative estimate of drug-likeness (QED) is 0.894. The zero-order valence-electron chi connectivity index (χ0n) is 12.5. The second-order valence-corrected chi connectivity index (χ2v) is 7.92. The fraction of sp³-hybridized carbons (Fsp3) is 0.400. The van der Waals surface area contributed by atoms with E-state index in [9.17, 15) is 22.7 Å². The van der Waals surface area contributed by atoms with Gasteiger partial charge >= 0.3 is 5.97 Å². The topological polar surface area (TPSA) is 90.5 Å². The number of aromatic nitrogens is 1. The number of H-pyrrole nitrogens is 1. The van der Waals surface area contributed by atoms with E-state index in [1.165, 1.54) is 18.3 Å². The Kier molecular flexibility index (Phi) is 3.89. The van der Waals surface area contributed by atoms with Gasteiger partial charge in [0.05, 0.1) is 11.3 Å². The van der Waals surface area contributed by atoms with E-state index in [1.54, 1.807) is 6.07 Å². The first-order valence-corrected chi connectivity index (χ1v) is 8.73. The zero-order valence-corrected chi connectivity index (χ0v) is 13.3. The van der Waals surface area contributed by atoms with Gasteiger partial charge in [0.2, 0.25) is 10.0 Å². The summed E-state index contributed by atoms with van der Waals surface area (Å²) in [7, 11) is -3.97. The number of fused-ring (bicyclic) bond motifs is 1. The van der Waals surface area contributed by atoms with Crippen molar-refractivity contribution in [1.29, 1.82) is 0 Å². The minimum Gasteiger partial charge on any atom is -0.481 e. The lowest BCUT2D eigenvalue weighted by Gasteiger charge is -2.33. The van der Waals surface area contributed by atoms with Crippen LogP contribution >= 0.6 is 0 Å². The Morgan fingerprint density at radius 3 is 2.83 bits per heavy atom. The largest absolute Gasteiger partial charge is 0.481 e. The van der Waals surface area contributed by atoms with Crippen molar-refractivity contribution in [1.82, 2.24) is 9.29 Å². The minimum atomic E-state index is -3.97. The summed E-state index contributed by atoms with van der Waals surface area (Å²) in [6.07, 6.45) is 1.70. The average molecular weight is 340 g/mol. The molecule has 0 amide bonds. The summed E-state index contributed by atoms with van der Waals surface area (Å²) in [4.78, 5) is 13.8. The standard InChI is InChI=1S/C15H17FN2O4S/c1-9-5-10(15(19)20)8-18(7-9)23(21,22)13-6-17-12-4-2-3-11(16)14(12)13/h2-4,6,9-10,17H,5,7-8H2,1H3,(H,19,20). The number of aromatic amines is 1. The van der Waals surface area contributed by atoms with Crippen LogP contribution in [0.1, 0.15) is 13.3 Å². The van der Waals surface area contributed by atoms with E-state index < -0.39 is 27.7 Å². The van der Waals surface area contributed by atoms with Crippen LogP contribution in [0.25, 0.3) is 10.9 Å². The van der Waals surface area contributed by atoms with Crippen LogP contribution in [0.5, 0.6) is 0 Å². The maximum atomic E-state index is 14.1. The monoisotopic (exact) mass is 340 g/mol. The highest BCUT2D eigenvalue weighted by Gasteiger charge is 2.37. The minimum absolute atomic E-state index is 0.0117. The molecule has 1 aromatic carbocycles. The lowest BCUT2D eigenvalue weighted by Crippen LogP contribution is -2.45. The molecule has 2 aromatic rings. The van der Waals surface area contributed by atoms with Crippen LogP contribution in [0.3, 0.4) is 0 Å². The Labute approximate surface area is 133 Å². The van der Waals surface area contributed by atoms with Crippen LogP contribution in [0.2, 0.25) is 0 Å². The third-order valence-electron chi connectivity index (χ3n) is 4.21. The van der Waals surface area contributed by atoms with Crippen LogP contribution in [-0.4, -0.2) is 41.9 Å². The Bertz CT molecular complexity index is 861. The van der Waals surface area contributed by atoms with E-state index in [4.69, 9.17) is 0 Å². The van der Waals surface area contributed by atoms with Crippen molar-refractivity contribution < 1.29 is 22.7 Å². The Hall–Kier alpha value is -1.93. The van der Waals surface area contributed by atoms with Crippen LogP contribution in [0.4, 0.5) is 4.39 Å². The third-order valence-corrected chi connectivity index (χ3v) is 6.07. The van der Waals surface area contributed by atoms with Gasteiger partial charge in [-0.2, -0.15) is 4.31 Å². The van der Waals surface area contributed by atoms with E-state index >= 15 is 0 Å². The van der Waals surface area contributed by atoms with Crippen molar-refractivity contribution in [3.63, 3.8) is 0 Å². The highest BCUT2D eigenvalue weighted by Crippen LogP contribution is 2.31. The number of nitrogens with zero attached hydrogens (tertiary/aromatic N) is 1. The molecule has 2 atom stereocenters. The molecular weight excluding hydrogens is 323 g/mol. The number of hydrogen-bond acceptors (Lipinski definition) is 3. The molecule has 2 N–H and O–H groups in total. The van der Waals surface area contributed by atoms with Crippen LogP contribution in [0.15, 0.2) is 29.3 Å². The van der Waals surface area contributed by atoms with Crippen LogP contribution < -0.4 is 0 Å². The number of hydrogen-bond donors (Lipinski definition) is 2. The van der Waals surface area contributed by atoms with Gasteiger partial charge in [0, 0.05) is 24.8 Å². The summed E-state index contributed by atoms with van der Waals surface area (Å²) in [5.74, 6) is -2.46. The number of carbonyl (C=O) groups is 1. The highest BCUT2D eigenvalue weighted by atomic mass is 32.2. The molecule has 0 bridgehead atoms. The molecule has 0 aliphatic carbocycles. The van der Waals surface area contributed by atoms with Crippen molar-refractivity contribution in [3.8, 4) is 0 Å². The number of benzene rings is 1. The van der Waals surface area contributed by atoms with Crippen molar-refractivity contribution >= 4 is 26.9 Å². The number of halogens is 1. The first-order valence-electron chi connectivity index (χ1n) is 7.29. The number of rotatable bonds is 3. The summed E-state index contributed by atoms with van der Waals surface area (Å²) in [6, 6.07) is 4.29. The summed E-state index contributed by atoms with van der Waals surface area (Å²) < 4.78 is 41.0.